The van der Waals surface area contributed by atoms with Crippen molar-refractivity contribution in [3.8, 4) is 0 Å². The standard InChI is InChI=1S/C15H28O2/c1-3-5-7-8-9-10-11-12-13-15(16)17-14-6-4-2/h9-10H,3-8,11-14H2,1-2H3/b10-9+. The summed E-state index contributed by atoms with van der Waals surface area (Å²) >= 11 is 0. The molecule has 0 atom stereocenters. The minimum absolute atomic E-state index is 0.0437. The molecule has 0 unspecified atom stereocenters. The van der Waals surface area contributed by atoms with E-state index in [9.17, 15) is 4.79 Å². The van der Waals surface area contributed by atoms with Crippen LogP contribution in [-0.2, 0) is 9.53 Å². The van der Waals surface area contributed by atoms with Crippen molar-refractivity contribution >= 4 is 5.97 Å². The van der Waals surface area contributed by atoms with Crippen LogP contribution in [0.1, 0.15) is 71.6 Å². The molecule has 0 rings (SSSR count). The smallest absolute Gasteiger partial charge is 0.305 e. The van der Waals surface area contributed by atoms with Gasteiger partial charge in [-0.2, -0.15) is 0 Å². The number of hydrogen-bond donors (Lipinski definition) is 0. The Morgan fingerprint density at radius 3 is 2.24 bits per heavy atom. The molecule has 0 aliphatic rings. The van der Waals surface area contributed by atoms with E-state index in [0.29, 0.717) is 13.0 Å². The molecule has 0 amide bonds. The molecule has 0 aromatic rings. The molecule has 0 radical (unpaired) electrons. The molecule has 0 heterocycles. The maximum absolute atomic E-state index is 11.2. The van der Waals surface area contributed by atoms with Crippen LogP contribution in [0, 0.1) is 0 Å². The first-order valence-electron chi connectivity index (χ1n) is 7.11. The lowest BCUT2D eigenvalue weighted by Gasteiger charge is -2.02. The second-order valence-corrected chi connectivity index (χ2v) is 4.43. The summed E-state index contributed by atoms with van der Waals surface area (Å²) in [7, 11) is 0. The molecule has 0 aromatic heterocycles. The third-order valence-electron chi connectivity index (χ3n) is 2.65. The first-order valence-corrected chi connectivity index (χ1v) is 7.11. The predicted octanol–water partition coefficient (Wildman–Crippen LogP) is 4.64. The fourth-order valence-electron chi connectivity index (χ4n) is 1.51. The lowest BCUT2D eigenvalue weighted by Crippen LogP contribution is -2.04. The first kappa shape index (κ1) is 16.2. The molecule has 2 heteroatoms. The van der Waals surface area contributed by atoms with E-state index in [2.05, 4.69) is 26.0 Å². The molecule has 0 N–H and O–H groups in total. The molecule has 0 saturated carbocycles. The summed E-state index contributed by atoms with van der Waals surface area (Å²) in [5.41, 5.74) is 0. The summed E-state index contributed by atoms with van der Waals surface area (Å²) in [6.45, 7) is 4.90. The van der Waals surface area contributed by atoms with Crippen molar-refractivity contribution < 1.29 is 9.53 Å². The van der Waals surface area contributed by atoms with E-state index in [-0.39, 0.29) is 5.97 Å². The highest BCUT2D eigenvalue weighted by Gasteiger charge is 2.00. The van der Waals surface area contributed by atoms with Gasteiger partial charge in [0.15, 0.2) is 0 Å². The number of rotatable bonds is 11. The van der Waals surface area contributed by atoms with Gasteiger partial charge in [0.2, 0.25) is 0 Å². The van der Waals surface area contributed by atoms with Crippen molar-refractivity contribution in [2.75, 3.05) is 6.61 Å². The highest BCUT2D eigenvalue weighted by molar-refractivity contribution is 5.69. The van der Waals surface area contributed by atoms with Gasteiger partial charge in [-0.05, 0) is 32.1 Å². The van der Waals surface area contributed by atoms with Crippen molar-refractivity contribution in [3.05, 3.63) is 12.2 Å². The Balaban J connectivity index is 3.23. The number of carbonyl (C=O) groups excluding carboxylic acids is 1. The van der Waals surface area contributed by atoms with E-state index in [1.54, 1.807) is 0 Å². The van der Waals surface area contributed by atoms with E-state index in [4.69, 9.17) is 4.74 Å². The molecule has 2 nitrogen and oxygen atoms in total. The maximum atomic E-state index is 11.2. The zero-order chi connectivity index (χ0) is 12.8. The number of unbranched alkanes of at least 4 members (excludes halogenated alkanes) is 5. The molecule has 0 saturated heterocycles. The van der Waals surface area contributed by atoms with Crippen LogP contribution in [0.2, 0.25) is 0 Å². The second kappa shape index (κ2) is 13.3. The van der Waals surface area contributed by atoms with Gasteiger partial charge in [-0.15, -0.1) is 0 Å². The van der Waals surface area contributed by atoms with Gasteiger partial charge in [0.05, 0.1) is 6.61 Å². The quantitative estimate of drug-likeness (QED) is 0.299. The minimum atomic E-state index is -0.0437. The number of carbonyl (C=O) groups is 1. The number of ether oxygens (including phenoxy) is 1. The first-order chi connectivity index (χ1) is 8.31. The third-order valence-corrected chi connectivity index (χ3v) is 2.65. The van der Waals surface area contributed by atoms with Crippen molar-refractivity contribution in [2.45, 2.75) is 71.6 Å². The van der Waals surface area contributed by atoms with E-state index < -0.39 is 0 Å². The normalized spacial score (nSPS) is 10.9. The number of allylic oxidation sites excluding steroid dienone is 2. The van der Waals surface area contributed by atoms with Crippen LogP contribution < -0.4 is 0 Å². The van der Waals surface area contributed by atoms with E-state index in [1.165, 1.54) is 25.7 Å². The zero-order valence-corrected chi connectivity index (χ0v) is 11.5. The molecule has 100 valence electrons. The van der Waals surface area contributed by atoms with Gasteiger partial charge < -0.3 is 4.74 Å². The van der Waals surface area contributed by atoms with Crippen LogP contribution in [0.25, 0.3) is 0 Å². The van der Waals surface area contributed by atoms with Crippen LogP contribution in [-0.4, -0.2) is 12.6 Å². The Kier molecular flexibility index (Phi) is 12.7. The van der Waals surface area contributed by atoms with Gasteiger partial charge in [0.25, 0.3) is 0 Å². The molecule has 17 heavy (non-hydrogen) atoms. The number of hydrogen-bond acceptors (Lipinski definition) is 2. The van der Waals surface area contributed by atoms with Gasteiger partial charge in [0, 0.05) is 6.42 Å². The van der Waals surface area contributed by atoms with Gasteiger partial charge >= 0.3 is 5.97 Å². The molecular weight excluding hydrogens is 212 g/mol. The lowest BCUT2D eigenvalue weighted by atomic mass is 10.1. The largest absolute Gasteiger partial charge is 0.466 e. The van der Waals surface area contributed by atoms with E-state index in [1.807, 2.05) is 0 Å². The molecule has 0 aromatic carbocycles. The summed E-state index contributed by atoms with van der Waals surface area (Å²) in [6.07, 6.45) is 14.0. The molecule has 0 aliphatic heterocycles. The van der Waals surface area contributed by atoms with E-state index >= 15 is 0 Å². The van der Waals surface area contributed by atoms with E-state index in [0.717, 1.165) is 25.7 Å². The summed E-state index contributed by atoms with van der Waals surface area (Å²) in [6, 6.07) is 0. The van der Waals surface area contributed by atoms with Crippen LogP contribution in [0.3, 0.4) is 0 Å². The van der Waals surface area contributed by atoms with Crippen LogP contribution in [0.15, 0.2) is 12.2 Å². The molecule has 0 aliphatic carbocycles. The summed E-state index contributed by atoms with van der Waals surface area (Å²) in [5, 5.41) is 0. The topological polar surface area (TPSA) is 26.3 Å². The van der Waals surface area contributed by atoms with Gasteiger partial charge in [-0.1, -0.05) is 45.3 Å². The van der Waals surface area contributed by atoms with Gasteiger partial charge in [-0.25, -0.2) is 0 Å². The summed E-state index contributed by atoms with van der Waals surface area (Å²) < 4.78 is 5.08. The average molecular weight is 240 g/mol. The minimum Gasteiger partial charge on any atom is -0.466 e. The van der Waals surface area contributed by atoms with Crippen LogP contribution >= 0.6 is 0 Å². The average Bonchev–Trinajstić information content (AvgIpc) is 2.33. The van der Waals surface area contributed by atoms with Crippen molar-refractivity contribution in [1.29, 1.82) is 0 Å². The predicted molar refractivity (Wildman–Crippen MR) is 73.0 cm³/mol. The molecular formula is C15H28O2. The molecule has 0 spiro atoms. The monoisotopic (exact) mass is 240 g/mol. The Hall–Kier alpha value is -0.790. The second-order valence-electron chi connectivity index (χ2n) is 4.43. The van der Waals surface area contributed by atoms with Crippen molar-refractivity contribution in [1.82, 2.24) is 0 Å². The Labute approximate surface area is 106 Å². The SMILES string of the molecule is CCCCC/C=C/CCCC(=O)OCCCC. The molecule has 0 bridgehead atoms. The summed E-state index contributed by atoms with van der Waals surface area (Å²) in [4.78, 5) is 11.2. The Morgan fingerprint density at radius 1 is 0.941 bits per heavy atom. The Bertz CT molecular complexity index is 197. The van der Waals surface area contributed by atoms with Crippen molar-refractivity contribution in [2.24, 2.45) is 0 Å². The van der Waals surface area contributed by atoms with Crippen LogP contribution in [0.4, 0.5) is 0 Å². The highest BCUT2D eigenvalue weighted by atomic mass is 16.5. The lowest BCUT2D eigenvalue weighted by molar-refractivity contribution is -0.143. The molecule has 0 fully saturated rings. The maximum Gasteiger partial charge on any atom is 0.305 e. The van der Waals surface area contributed by atoms with Gasteiger partial charge in [-0.3, -0.25) is 4.79 Å². The van der Waals surface area contributed by atoms with Crippen molar-refractivity contribution in [3.63, 3.8) is 0 Å². The fourth-order valence-corrected chi connectivity index (χ4v) is 1.51. The summed E-state index contributed by atoms with van der Waals surface area (Å²) in [5.74, 6) is -0.0437. The highest BCUT2D eigenvalue weighted by Crippen LogP contribution is 2.03. The zero-order valence-electron chi connectivity index (χ0n) is 11.5. The van der Waals surface area contributed by atoms with Crippen LogP contribution in [0.5, 0.6) is 0 Å². The third kappa shape index (κ3) is 13.1. The van der Waals surface area contributed by atoms with Gasteiger partial charge in [0.1, 0.15) is 0 Å². The Morgan fingerprint density at radius 2 is 1.59 bits per heavy atom. The number of esters is 1. The fraction of sp³-hybridized carbons (Fsp3) is 0.800.